The fraction of sp³-hybridized carbons (Fsp3) is 0.565. The summed E-state index contributed by atoms with van der Waals surface area (Å²) in [6, 6.07) is 12.5. The molecule has 0 spiro atoms. The molecular formula is C23H32N4O3S. The first-order chi connectivity index (χ1) is 15.0. The molecule has 0 amide bonds. The van der Waals surface area contributed by atoms with E-state index in [1.807, 2.05) is 6.07 Å². The molecular weight excluding hydrogens is 412 g/mol. The lowest BCUT2D eigenvalue weighted by Gasteiger charge is -2.40. The van der Waals surface area contributed by atoms with Crippen LogP contribution in [0.15, 0.2) is 48.9 Å². The molecule has 2 aromatic rings. The van der Waals surface area contributed by atoms with Crippen LogP contribution >= 0.6 is 0 Å². The van der Waals surface area contributed by atoms with Crippen LogP contribution in [-0.4, -0.2) is 56.5 Å². The molecule has 2 heterocycles. The third-order valence-corrected chi connectivity index (χ3v) is 7.21. The first-order valence-electron chi connectivity index (χ1n) is 11.1. The Hall–Kier alpha value is -2.03. The molecule has 1 N–H and O–H groups in total. The van der Waals surface area contributed by atoms with Gasteiger partial charge in [-0.05, 0) is 49.7 Å². The van der Waals surface area contributed by atoms with Gasteiger partial charge in [0.05, 0.1) is 19.0 Å². The number of hydrogen-bond donors (Lipinski definition) is 1. The molecule has 2 atom stereocenters. The summed E-state index contributed by atoms with van der Waals surface area (Å²) < 4.78 is 32.9. The summed E-state index contributed by atoms with van der Waals surface area (Å²) in [4.78, 5) is 10.5. The van der Waals surface area contributed by atoms with Crippen molar-refractivity contribution in [2.45, 2.75) is 50.2 Å². The topological polar surface area (TPSA) is 84.4 Å². The highest BCUT2D eigenvalue weighted by atomic mass is 32.2. The van der Waals surface area contributed by atoms with E-state index in [-0.39, 0.29) is 18.1 Å². The van der Waals surface area contributed by atoms with E-state index in [9.17, 15) is 8.42 Å². The summed E-state index contributed by atoms with van der Waals surface area (Å²) in [5.41, 5.74) is 1.42. The summed E-state index contributed by atoms with van der Waals surface area (Å²) in [7, 11) is -3.27. The summed E-state index contributed by atoms with van der Waals surface area (Å²) in [6.07, 6.45) is 9.85. The van der Waals surface area contributed by atoms with Crippen LogP contribution in [0.5, 0.6) is 0 Å². The summed E-state index contributed by atoms with van der Waals surface area (Å²) in [6.45, 7) is 2.02. The number of piperidine rings is 1. The van der Waals surface area contributed by atoms with E-state index in [2.05, 4.69) is 49.9 Å². The Balaban J connectivity index is 1.34. The number of hydrogen-bond acceptors (Lipinski definition) is 6. The lowest BCUT2D eigenvalue weighted by Crippen LogP contribution is -2.52. The zero-order chi connectivity index (χ0) is 21.7. The van der Waals surface area contributed by atoms with Gasteiger partial charge >= 0.3 is 0 Å². The summed E-state index contributed by atoms with van der Waals surface area (Å²) >= 11 is 0. The van der Waals surface area contributed by atoms with Crippen molar-refractivity contribution in [3.05, 3.63) is 54.5 Å². The number of anilines is 1. The van der Waals surface area contributed by atoms with Gasteiger partial charge in [-0.3, -0.25) is 0 Å². The fourth-order valence-corrected chi connectivity index (χ4v) is 5.72. The van der Waals surface area contributed by atoms with Gasteiger partial charge in [0.25, 0.3) is 0 Å². The Kier molecular flexibility index (Phi) is 7.20. The molecule has 4 rings (SSSR count). The second-order valence-corrected chi connectivity index (χ2v) is 10.6. The molecule has 1 saturated carbocycles. The third-order valence-electron chi connectivity index (χ3n) is 6.48. The second kappa shape index (κ2) is 10.1. The van der Waals surface area contributed by atoms with E-state index in [0.717, 1.165) is 44.5 Å². The van der Waals surface area contributed by atoms with Gasteiger partial charge in [0.1, 0.15) is 12.1 Å². The second-order valence-electron chi connectivity index (χ2n) is 8.78. The summed E-state index contributed by atoms with van der Waals surface area (Å²) in [5.74, 6) is 1.56. The molecule has 1 aromatic heterocycles. The number of nitrogens with one attached hydrogen (secondary N) is 1. The Morgan fingerprint density at radius 2 is 1.87 bits per heavy atom. The first-order valence-corrected chi connectivity index (χ1v) is 13.0. The molecule has 1 aliphatic heterocycles. The normalized spacial score (nSPS) is 27.2. The number of ether oxygens (including phenoxy) is 1. The maximum Gasteiger partial charge on any atom is 0.208 e. The Morgan fingerprint density at radius 3 is 2.55 bits per heavy atom. The Labute approximate surface area is 185 Å². The monoisotopic (exact) mass is 444 g/mol. The van der Waals surface area contributed by atoms with Crippen LogP contribution in [0.3, 0.4) is 0 Å². The van der Waals surface area contributed by atoms with E-state index in [4.69, 9.17) is 4.74 Å². The lowest BCUT2D eigenvalue weighted by atomic mass is 9.82. The van der Waals surface area contributed by atoms with Crippen LogP contribution in [0.2, 0.25) is 0 Å². The summed E-state index contributed by atoms with van der Waals surface area (Å²) in [5, 5.41) is 0. The average molecular weight is 445 g/mol. The van der Waals surface area contributed by atoms with E-state index < -0.39 is 10.0 Å². The van der Waals surface area contributed by atoms with Gasteiger partial charge < -0.3 is 9.64 Å². The van der Waals surface area contributed by atoms with Gasteiger partial charge in [0, 0.05) is 31.2 Å². The quantitative estimate of drug-likeness (QED) is 0.707. The molecule has 2 aliphatic rings. The molecule has 8 heteroatoms. The van der Waals surface area contributed by atoms with Crippen LogP contribution in [0.25, 0.3) is 0 Å². The van der Waals surface area contributed by atoms with Gasteiger partial charge in [-0.25, -0.2) is 23.1 Å². The maximum absolute atomic E-state index is 11.9. The SMILES string of the molecule is CS(=O)(=O)N[C@H]1CCN(c2ccncn2)C[C@H]1CO[C@H]1CC[C@@H](c2ccccc2)CC1. The number of benzene rings is 1. The van der Waals surface area contributed by atoms with Crippen LogP contribution in [0, 0.1) is 5.92 Å². The van der Waals surface area contributed by atoms with Gasteiger partial charge in [0.2, 0.25) is 10.0 Å². The molecule has 0 radical (unpaired) electrons. The lowest BCUT2D eigenvalue weighted by molar-refractivity contribution is -0.00213. The fourth-order valence-electron chi connectivity index (χ4n) is 4.86. The largest absolute Gasteiger partial charge is 0.378 e. The molecule has 31 heavy (non-hydrogen) atoms. The molecule has 7 nitrogen and oxygen atoms in total. The first kappa shape index (κ1) is 22.2. The van der Waals surface area contributed by atoms with Crippen LogP contribution in [-0.2, 0) is 14.8 Å². The van der Waals surface area contributed by atoms with Crippen LogP contribution < -0.4 is 9.62 Å². The highest BCUT2D eigenvalue weighted by Crippen LogP contribution is 2.34. The Bertz CT molecular complexity index is 918. The predicted molar refractivity (Wildman–Crippen MR) is 122 cm³/mol. The van der Waals surface area contributed by atoms with E-state index in [0.29, 0.717) is 19.1 Å². The Morgan fingerprint density at radius 1 is 1.10 bits per heavy atom. The molecule has 1 aromatic carbocycles. The van der Waals surface area contributed by atoms with E-state index >= 15 is 0 Å². The van der Waals surface area contributed by atoms with Crippen LogP contribution in [0.4, 0.5) is 5.82 Å². The number of nitrogens with zero attached hydrogens (tertiary/aromatic N) is 3. The van der Waals surface area contributed by atoms with Crippen molar-refractivity contribution in [2.75, 3.05) is 30.9 Å². The minimum atomic E-state index is -3.27. The van der Waals surface area contributed by atoms with E-state index in [1.165, 1.54) is 11.8 Å². The van der Waals surface area contributed by atoms with Crippen molar-refractivity contribution in [1.29, 1.82) is 0 Å². The van der Waals surface area contributed by atoms with Crippen molar-refractivity contribution in [3.63, 3.8) is 0 Å². The van der Waals surface area contributed by atoms with Crippen molar-refractivity contribution in [3.8, 4) is 0 Å². The van der Waals surface area contributed by atoms with Crippen molar-refractivity contribution in [2.24, 2.45) is 5.92 Å². The third kappa shape index (κ3) is 6.24. The number of aromatic nitrogens is 2. The average Bonchev–Trinajstić information content (AvgIpc) is 2.79. The molecule has 0 unspecified atom stereocenters. The van der Waals surface area contributed by atoms with Gasteiger partial charge in [-0.2, -0.15) is 0 Å². The standard InChI is InChI=1S/C23H32N4O3S/c1-31(28,29)26-22-12-14-27(23-11-13-24-17-25-23)15-20(22)16-30-21-9-7-19(8-10-21)18-5-3-2-4-6-18/h2-6,11,13,17,19-22,26H,7-10,12,14-16H2,1H3/t19-,20-,21+,22-/m0/s1. The zero-order valence-corrected chi connectivity index (χ0v) is 18.9. The zero-order valence-electron chi connectivity index (χ0n) is 18.1. The van der Waals surface area contributed by atoms with Gasteiger partial charge in [-0.1, -0.05) is 30.3 Å². The molecule has 1 saturated heterocycles. The number of rotatable bonds is 7. The minimum absolute atomic E-state index is 0.0743. The highest BCUT2D eigenvalue weighted by molar-refractivity contribution is 7.88. The van der Waals surface area contributed by atoms with Crippen molar-refractivity contribution < 1.29 is 13.2 Å². The molecule has 1 aliphatic carbocycles. The molecule has 168 valence electrons. The minimum Gasteiger partial charge on any atom is -0.378 e. The van der Waals surface area contributed by atoms with Crippen LogP contribution in [0.1, 0.15) is 43.6 Å². The smallest absolute Gasteiger partial charge is 0.208 e. The highest BCUT2D eigenvalue weighted by Gasteiger charge is 2.33. The van der Waals surface area contributed by atoms with Crippen molar-refractivity contribution in [1.82, 2.24) is 14.7 Å². The molecule has 0 bridgehead atoms. The van der Waals surface area contributed by atoms with Crippen molar-refractivity contribution >= 4 is 15.8 Å². The predicted octanol–water partition coefficient (Wildman–Crippen LogP) is 2.96. The van der Waals surface area contributed by atoms with Gasteiger partial charge in [-0.15, -0.1) is 0 Å². The number of sulfonamides is 1. The molecule has 2 fully saturated rings. The maximum atomic E-state index is 11.9. The van der Waals surface area contributed by atoms with Gasteiger partial charge in [0.15, 0.2) is 0 Å². The van der Waals surface area contributed by atoms with E-state index in [1.54, 1.807) is 12.5 Å².